The molecule has 1 atom stereocenters. The van der Waals surface area contributed by atoms with Gasteiger partial charge >= 0.3 is 0 Å². The lowest BCUT2D eigenvalue weighted by molar-refractivity contribution is -0.133. The van der Waals surface area contributed by atoms with Gasteiger partial charge in [0.25, 0.3) is 0 Å². The average molecular weight is 313 g/mol. The Hall–Kier alpha value is -1.37. The van der Waals surface area contributed by atoms with Gasteiger partial charge in [0.2, 0.25) is 5.91 Å². The van der Waals surface area contributed by atoms with Gasteiger partial charge in [-0.05, 0) is 25.3 Å². The van der Waals surface area contributed by atoms with Crippen molar-refractivity contribution in [2.75, 3.05) is 18.1 Å². The first-order chi connectivity index (χ1) is 9.91. The summed E-state index contributed by atoms with van der Waals surface area (Å²) in [7, 11) is -2.97. The van der Waals surface area contributed by atoms with E-state index in [-0.39, 0.29) is 23.5 Å². The number of amides is 1. The van der Waals surface area contributed by atoms with E-state index in [1.807, 2.05) is 20.0 Å². The van der Waals surface area contributed by atoms with Crippen LogP contribution < -0.4 is 0 Å². The quantitative estimate of drug-likeness (QED) is 0.785. The van der Waals surface area contributed by atoms with Gasteiger partial charge < -0.3 is 4.90 Å². The van der Waals surface area contributed by atoms with E-state index in [0.717, 1.165) is 12.0 Å². The number of rotatable bonds is 6. The molecule has 1 amide bonds. The normalized spacial score (nSPS) is 20.6. The minimum absolute atomic E-state index is 0.0205. The van der Waals surface area contributed by atoms with Gasteiger partial charge in [0.05, 0.1) is 17.7 Å². The first-order valence-corrected chi connectivity index (χ1v) is 9.22. The second-order valence-corrected chi connectivity index (χ2v) is 7.90. The first-order valence-electron chi connectivity index (χ1n) is 7.40. The summed E-state index contributed by atoms with van der Waals surface area (Å²) in [6.45, 7) is 5.11. The van der Waals surface area contributed by atoms with Gasteiger partial charge in [0.15, 0.2) is 9.84 Å². The minimum atomic E-state index is -2.97. The molecular weight excluding hydrogens is 290 g/mol. The van der Waals surface area contributed by atoms with E-state index >= 15 is 0 Å². The SMILES string of the molecule is CCCN(C(=O)CCn1cc(C)cn1)C1CCS(=O)(=O)C1. The zero-order valence-corrected chi connectivity index (χ0v) is 13.5. The lowest BCUT2D eigenvalue weighted by Gasteiger charge is -2.28. The van der Waals surface area contributed by atoms with Crippen molar-refractivity contribution in [1.82, 2.24) is 14.7 Å². The molecule has 7 heteroatoms. The summed E-state index contributed by atoms with van der Waals surface area (Å²) in [5, 5.41) is 4.16. The molecule has 0 aliphatic carbocycles. The Morgan fingerprint density at radius 1 is 1.52 bits per heavy atom. The molecule has 21 heavy (non-hydrogen) atoms. The molecule has 1 fully saturated rings. The zero-order valence-electron chi connectivity index (χ0n) is 12.7. The Morgan fingerprint density at radius 3 is 2.81 bits per heavy atom. The molecule has 2 heterocycles. The monoisotopic (exact) mass is 313 g/mol. The highest BCUT2D eigenvalue weighted by Gasteiger charge is 2.33. The first kappa shape index (κ1) is 16.0. The Balaban J connectivity index is 1.95. The van der Waals surface area contributed by atoms with Crippen LogP contribution >= 0.6 is 0 Å². The van der Waals surface area contributed by atoms with Crippen molar-refractivity contribution in [3.8, 4) is 0 Å². The van der Waals surface area contributed by atoms with Gasteiger partial charge in [-0.1, -0.05) is 6.92 Å². The maximum atomic E-state index is 12.4. The Bertz CT molecular complexity index is 594. The Kier molecular flexibility index (Phi) is 5.03. The Morgan fingerprint density at radius 2 is 2.29 bits per heavy atom. The van der Waals surface area contributed by atoms with Crippen molar-refractivity contribution in [2.24, 2.45) is 0 Å². The molecule has 118 valence electrons. The fourth-order valence-electron chi connectivity index (χ4n) is 2.72. The van der Waals surface area contributed by atoms with Crippen LogP contribution in [-0.2, 0) is 21.2 Å². The molecule has 1 saturated heterocycles. The lowest BCUT2D eigenvalue weighted by Crippen LogP contribution is -2.42. The highest BCUT2D eigenvalue weighted by molar-refractivity contribution is 7.91. The van der Waals surface area contributed by atoms with Crippen LogP contribution in [0.3, 0.4) is 0 Å². The Labute approximate surface area is 126 Å². The third kappa shape index (κ3) is 4.30. The number of nitrogens with zero attached hydrogens (tertiary/aromatic N) is 3. The maximum Gasteiger partial charge on any atom is 0.224 e. The number of carbonyl (C=O) groups is 1. The molecule has 0 radical (unpaired) electrons. The number of aryl methyl sites for hydroxylation is 2. The van der Waals surface area contributed by atoms with Crippen LogP contribution in [0.5, 0.6) is 0 Å². The number of aromatic nitrogens is 2. The van der Waals surface area contributed by atoms with Crippen LogP contribution in [0.25, 0.3) is 0 Å². The van der Waals surface area contributed by atoms with Crippen molar-refractivity contribution in [3.63, 3.8) is 0 Å². The molecule has 6 nitrogen and oxygen atoms in total. The topological polar surface area (TPSA) is 72.3 Å². The predicted octanol–water partition coefficient (Wildman–Crippen LogP) is 1.01. The predicted molar refractivity (Wildman–Crippen MR) is 80.6 cm³/mol. The van der Waals surface area contributed by atoms with Gasteiger partial charge in [-0.25, -0.2) is 8.42 Å². The van der Waals surface area contributed by atoms with Crippen molar-refractivity contribution in [3.05, 3.63) is 18.0 Å². The van der Waals surface area contributed by atoms with Crippen LogP contribution in [0.1, 0.15) is 31.7 Å². The van der Waals surface area contributed by atoms with Gasteiger partial charge in [-0.15, -0.1) is 0 Å². The standard InChI is InChI=1S/C14H23N3O3S/c1-3-6-17(13-5-8-21(19,20)11-13)14(18)4-7-16-10-12(2)9-15-16/h9-10,13H,3-8,11H2,1-2H3. The summed E-state index contributed by atoms with van der Waals surface area (Å²) < 4.78 is 25.0. The summed E-state index contributed by atoms with van der Waals surface area (Å²) >= 11 is 0. The second kappa shape index (κ2) is 6.60. The van der Waals surface area contributed by atoms with E-state index in [9.17, 15) is 13.2 Å². The smallest absolute Gasteiger partial charge is 0.224 e. The highest BCUT2D eigenvalue weighted by atomic mass is 32.2. The molecule has 1 aliphatic rings. The molecule has 2 rings (SSSR count). The van der Waals surface area contributed by atoms with E-state index in [2.05, 4.69) is 5.10 Å². The van der Waals surface area contributed by atoms with Crippen LogP contribution in [0, 0.1) is 6.92 Å². The van der Waals surface area contributed by atoms with Crippen molar-refractivity contribution >= 4 is 15.7 Å². The van der Waals surface area contributed by atoms with E-state index in [0.29, 0.717) is 25.9 Å². The van der Waals surface area contributed by atoms with Gasteiger partial charge in [-0.2, -0.15) is 5.10 Å². The lowest BCUT2D eigenvalue weighted by atomic mass is 10.2. The third-order valence-electron chi connectivity index (χ3n) is 3.75. The van der Waals surface area contributed by atoms with E-state index < -0.39 is 9.84 Å². The molecule has 1 aromatic heterocycles. The summed E-state index contributed by atoms with van der Waals surface area (Å²) in [4.78, 5) is 14.2. The van der Waals surface area contributed by atoms with Gasteiger partial charge in [0, 0.05) is 31.7 Å². The summed E-state index contributed by atoms with van der Waals surface area (Å²) in [5.74, 6) is 0.329. The van der Waals surface area contributed by atoms with Crippen molar-refractivity contribution < 1.29 is 13.2 Å². The fourth-order valence-corrected chi connectivity index (χ4v) is 4.45. The molecule has 1 aliphatic heterocycles. The average Bonchev–Trinajstić information content (AvgIpc) is 2.99. The van der Waals surface area contributed by atoms with Crippen LogP contribution in [0.2, 0.25) is 0 Å². The number of carbonyl (C=O) groups excluding carboxylic acids is 1. The van der Waals surface area contributed by atoms with Gasteiger partial charge in [-0.3, -0.25) is 9.48 Å². The molecule has 0 bridgehead atoms. The summed E-state index contributed by atoms with van der Waals surface area (Å²) in [6, 6.07) is -0.151. The zero-order chi connectivity index (χ0) is 15.5. The minimum Gasteiger partial charge on any atom is -0.339 e. The summed E-state index contributed by atoms with van der Waals surface area (Å²) in [6.07, 6.45) is 5.42. The molecule has 1 aromatic rings. The summed E-state index contributed by atoms with van der Waals surface area (Å²) in [5.41, 5.74) is 1.06. The van der Waals surface area contributed by atoms with Crippen molar-refractivity contribution in [2.45, 2.75) is 45.7 Å². The molecule has 0 saturated carbocycles. The second-order valence-electron chi connectivity index (χ2n) is 5.67. The number of hydrogen-bond acceptors (Lipinski definition) is 4. The molecule has 0 spiro atoms. The third-order valence-corrected chi connectivity index (χ3v) is 5.50. The highest BCUT2D eigenvalue weighted by Crippen LogP contribution is 2.19. The molecule has 1 unspecified atom stereocenters. The molecular formula is C14H23N3O3S. The van der Waals surface area contributed by atoms with Crippen LogP contribution in [0.4, 0.5) is 0 Å². The van der Waals surface area contributed by atoms with Crippen molar-refractivity contribution in [1.29, 1.82) is 0 Å². The van der Waals surface area contributed by atoms with E-state index in [1.165, 1.54) is 0 Å². The largest absolute Gasteiger partial charge is 0.339 e. The fraction of sp³-hybridized carbons (Fsp3) is 0.714. The molecule has 0 aromatic carbocycles. The number of hydrogen-bond donors (Lipinski definition) is 0. The van der Waals surface area contributed by atoms with Gasteiger partial charge in [0.1, 0.15) is 0 Å². The van der Waals surface area contributed by atoms with E-state index in [1.54, 1.807) is 15.8 Å². The maximum absolute atomic E-state index is 12.4. The number of sulfone groups is 1. The van der Waals surface area contributed by atoms with E-state index in [4.69, 9.17) is 0 Å². The van der Waals surface area contributed by atoms with Crippen LogP contribution in [0.15, 0.2) is 12.4 Å². The molecule has 0 N–H and O–H groups in total. The van der Waals surface area contributed by atoms with Crippen LogP contribution in [-0.4, -0.2) is 53.1 Å².